The second-order valence-electron chi connectivity index (χ2n) is 11.7. The molecule has 2 aliphatic rings. The lowest BCUT2D eigenvalue weighted by molar-refractivity contribution is 0.0859. The van der Waals surface area contributed by atoms with E-state index in [1.165, 1.54) is 32.3 Å². The molecule has 5 heterocycles. The Labute approximate surface area is 250 Å². The van der Waals surface area contributed by atoms with E-state index in [0.717, 1.165) is 53.4 Å². The van der Waals surface area contributed by atoms with Crippen molar-refractivity contribution in [3.63, 3.8) is 0 Å². The predicted octanol–water partition coefficient (Wildman–Crippen LogP) is 3.86. The minimum absolute atomic E-state index is 0.221. The lowest BCUT2D eigenvalue weighted by Gasteiger charge is -2.41. The number of amides is 1. The third kappa shape index (κ3) is 4.78. The number of carbonyl (C=O) groups is 1. The molecular formula is C32H37N9O2. The van der Waals surface area contributed by atoms with Gasteiger partial charge in [0.25, 0.3) is 5.91 Å². The number of hydrogen-bond acceptors (Lipinski definition) is 8. The van der Waals surface area contributed by atoms with Crippen LogP contribution in [0.3, 0.4) is 0 Å². The van der Waals surface area contributed by atoms with E-state index >= 15 is 0 Å². The predicted molar refractivity (Wildman–Crippen MR) is 167 cm³/mol. The molecular weight excluding hydrogens is 542 g/mol. The van der Waals surface area contributed by atoms with Gasteiger partial charge < -0.3 is 30.6 Å². The highest BCUT2D eigenvalue weighted by Gasteiger charge is 2.30. The number of ether oxygens (including phenoxy) is 1. The quantitative estimate of drug-likeness (QED) is 0.310. The molecule has 2 aliphatic heterocycles. The summed E-state index contributed by atoms with van der Waals surface area (Å²) in [5.41, 5.74) is 16.5. The van der Waals surface area contributed by atoms with E-state index in [4.69, 9.17) is 21.3 Å². The third-order valence-corrected chi connectivity index (χ3v) is 9.22. The Hall–Kier alpha value is -4.48. The Morgan fingerprint density at radius 1 is 0.953 bits per heavy atom. The van der Waals surface area contributed by atoms with Gasteiger partial charge in [-0.3, -0.25) is 4.79 Å². The van der Waals surface area contributed by atoms with E-state index in [1.54, 1.807) is 13.2 Å². The zero-order chi connectivity index (χ0) is 29.7. The Kier molecular flexibility index (Phi) is 6.98. The first-order chi connectivity index (χ1) is 20.9. The number of nitrogen functional groups attached to an aromatic ring is 1. The van der Waals surface area contributed by atoms with Crippen molar-refractivity contribution in [3.8, 4) is 22.7 Å². The molecule has 0 spiro atoms. The first-order valence-corrected chi connectivity index (χ1v) is 14.9. The molecule has 1 amide bonds. The number of methoxy groups -OCH3 is 1. The van der Waals surface area contributed by atoms with Crippen molar-refractivity contribution >= 4 is 33.7 Å². The van der Waals surface area contributed by atoms with Crippen molar-refractivity contribution < 1.29 is 9.53 Å². The number of fused-ring (bicyclic) bond motifs is 2. The Balaban J connectivity index is 1.25. The maximum atomic E-state index is 12.4. The molecule has 11 heteroatoms. The molecule has 3 aromatic heterocycles. The van der Waals surface area contributed by atoms with Gasteiger partial charge in [0.1, 0.15) is 29.3 Å². The van der Waals surface area contributed by atoms with E-state index in [0.29, 0.717) is 34.7 Å². The smallest absolute Gasteiger partial charge is 0.265 e. The molecule has 0 saturated carbocycles. The van der Waals surface area contributed by atoms with Crippen LogP contribution in [0.2, 0.25) is 0 Å². The second kappa shape index (κ2) is 11.0. The second-order valence-corrected chi connectivity index (χ2v) is 11.7. The molecule has 7 rings (SSSR count). The molecule has 4 N–H and O–H groups in total. The summed E-state index contributed by atoms with van der Waals surface area (Å²) in [7, 11) is 3.82. The largest absolute Gasteiger partial charge is 0.495 e. The molecule has 43 heavy (non-hydrogen) atoms. The van der Waals surface area contributed by atoms with Crippen molar-refractivity contribution in [2.24, 2.45) is 5.73 Å². The number of aromatic nitrogens is 5. The Morgan fingerprint density at radius 2 is 1.70 bits per heavy atom. The van der Waals surface area contributed by atoms with Crippen LogP contribution in [0.1, 0.15) is 42.2 Å². The van der Waals surface area contributed by atoms with Crippen LogP contribution < -0.4 is 16.2 Å². The van der Waals surface area contributed by atoms with E-state index in [-0.39, 0.29) is 6.04 Å². The molecule has 0 aliphatic carbocycles. The number of nitrogens with zero attached hydrogens (tertiary/aromatic N) is 7. The molecule has 5 aromatic rings. The Morgan fingerprint density at radius 3 is 2.44 bits per heavy atom. The van der Waals surface area contributed by atoms with Gasteiger partial charge >= 0.3 is 0 Å². The summed E-state index contributed by atoms with van der Waals surface area (Å²) >= 11 is 0. The van der Waals surface area contributed by atoms with Gasteiger partial charge in [-0.2, -0.15) is 5.10 Å². The van der Waals surface area contributed by atoms with Crippen molar-refractivity contribution in [1.82, 2.24) is 34.1 Å². The number of likely N-dealkylation sites (tertiary alicyclic amines) is 2. The number of anilines is 1. The summed E-state index contributed by atoms with van der Waals surface area (Å²) < 4.78 is 9.77. The number of primary amides is 1. The summed E-state index contributed by atoms with van der Waals surface area (Å²) in [6.45, 7) is 4.43. The van der Waals surface area contributed by atoms with Crippen LogP contribution in [0.15, 0.2) is 54.9 Å². The number of piperidine rings is 2. The molecule has 2 aromatic carbocycles. The van der Waals surface area contributed by atoms with Gasteiger partial charge in [0.15, 0.2) is 5.65 Å². The van der Waals surface area contributed by atoms with Crippen LogP contribution in [0.4, 0.5) is 5.82 Å². The van der Waals surface area contributed by atoms with Gasteiger partial charge in [-0.1, -0.05) is 24.3 Å². The standard InChI is InChI=1S/C32H37N9O2/c1-38-13-9-22(10-14-38)39-15-11-23(12-16-39)41-32-28(30(33)35-19-36-32)29(37-41)21-7-8-25(27(18-21)43-2)40-24-6-4-3-5-20(24)17-26(40)31(34)42/h3-8,17-19,22-23H,9-16H2,1-2H3,(H2,34,42)(H2,33,35,36). The average molecular weight is 580 g/mol. The van der Waals surface area contributed by atoms with Crippen molar-refractivity contribution in [2.75, 3.05) is 46.1 Å². The first kappa shape index (κ1) is 27.4. The monoisotopic (exact) mass is 579 g/mol. The maximum absolute atomic E-state index is 12.4. The van der Waals surface area contributed by atoms with Gasteiger partial charge in [0.05, 0.1) is 29.7 Å². The summed E-state index contributed by atoms with van der Waals surface area (Å²) in [5.74, 6) is 0.454. The molecule has 222 valence electrons. The van der Waals surface area contributed by atoms with Crippen molar-refractivity contribution in [1.29, 1.82) is 0 Å². The van der Waals surface area contributed by atoms with Gasteiger partial charge in [-0.25, -0.2) is 14.6 Å². The third-order valence-electron chi connectivity index (χ3n) is 9.22. The Bertz CT molecular complexity index is 1810. The highest BCUT2D eigenvalue weighted by Crippen LogP contribution is 2.38. The number of carbonyl (C=O) groups excluding carboxylic acids is 1. The number of benzene rings is 2. The summed E-state index contributed by atoms with van der Waals surface area (Å²) in [4.78, 5) is 26.5. The van der Waals surface area contributed by atoms with Gasteiger partial charge in [-0.15, -0.1) is 0 Å². The molecule has 0 bridgehead atoms. The number of hydrogen-bond donors (Lipinski definition) is 2. The molecule has 0 radical (unpaired) electrons. The van der Waals surface area contributed by atoms with E-state index in [2.05, 4.69) is 31.5 Å². The fraction of sp³-hybridized carbons (Fsp3) is 0.375. The SMILES string of the molecule is COc1cc(-c2nn(C3CCN(C4CCN(C)CC4)CC3)c3ncnc(N)c23)ccc1-n1c(C(N)=O)cc2ccccc21. The van der Waals surface area contributed by atoms with Crippen molar-refractivity contribution in [2.45, 2.75) is 37.8 Å². The maximum Gasteiger partial charge on any atom is 0.265 e. The zero-order valence-corrected chi connectivity index (χ0v) is 24.6. The summed E-state index contributed by atoms with van der Waals surface area (Å²) in [6.07, 6.45) is 5.99. The summed E-state index contributed by atoms with van der Waals surface area (Å²) in [6, 6.07) is 16.3. The highest BCUT2D eigenvalue weighted by atomic mass is 16.5. The molecule has 0 unspecified atom stereocenters. The van der Waals surface area contributed by atoms with Crippen LogP contribution >= 0.6 is 0 Å². The number of para-hydroxylation sites is 1. The minimum Gasteiger partial charge on any atom is -0.495 e. The van der Waals surface area contributed by atoms with E-state index < -0.39 is 5.91 Å². The van der Waals surface area contributed by atoms with Crippen LogP contribution in [-0.2, 0) is 0 Å². The first-order valence-electron chi connectivity index (χ1n) is 14.9. The average Bonchev–Trinajstić information content (AvgIpc) is 3.62. The van der Waals surface area contributed by atoms with Crippen LogP contribution in [0.5, 0.6) is 5.75 Å². The van der Waals surface area contributed by atoms with E-state index in [9.17, 15) is 4.79 Å². The van der Waals surface area contributed by atoms with Crippen molar-refractivity contribution in [3.05, 3.63) is 60.6 Å². The fourth-order valence-corrected chi connectivity index (χ4v) is 6.91. The summed E-state index contributed by atoms with van der Waals surface area (Å²) in [5, 5.41) is 6.78. The van der Waals surface area contributed by atoms with Gasteiger partial charge in [0.2, 0.25) is 0 Å². The van der Waals surface area contributed by atoms with Gasteiger partial charge in [0, 0.05) is 30.1 Å². The lowest BCUT2D eigenvalue weighted by atomic mass is 9.98. The number of nitrogens with two attached hydrogens (primary N) is 2. The lowest BCUT2D eigenvalue weighted by Crippen LogP contribution is -2.47. The van der Waals surface area contributed by atoms with Crippen LogP contribution in [0, 0.1) is 0 Å². The van der Waals surface area contributed by atoms with E-state index in [1.807, 2.05) is 47.0 Å². The minimum atomic E-state index is -0.515. The molecule has 2 fully saturated rings. The fourth-order valence-electron chi connectivity index (χ4n) is 6.91. The zero-order valence-electron chi connectivity index (χ0n) is 24.6. The molecule has 11 nitrogen and oxygen atoms in total. The highest BCUT2D eigenvalue weighted by molar-refractivity contribution is 6.00. The van der Waals surface area contributed by atoms with Crippen LogP contribution in [-0.4, -0.2) is 86.4 Å². The number of rotatable bonds is 6. The van der Waals surface area contributed by atoms with Crippen LogP contribution in [0.25, 0.3) is 38.9 Å². The normalized spacial score (nSPS) is 17.6. The van der Waals surface area contributed by atoms with Gasteiger partial charge in [-0.05, 0) is 70.1 Å². The topological polar surface area (TPSA) is 133 Å². The molecule has 2 saturated heterocycles. The molecule has 0 atom stereocenters.